The van der Waals surface area contributed by atoms with Crippen LogP contribution < -0.4 is 10.9 Å². The largest absolute Gasteiger partial charge is 0.416 e. The van der Waals surface area contributed by atoms with Crippen molar-refractivity contribution in [2.45, 2.75) is 12.7 Å². The summed E-state index contributed by atoms with van der Waals surface area (Å²) in [7, 11) is 0. The first-order chi connectivity index (χ1) is 13.6. The summed E-state index contributed by atoms with van der Waals surface area (Å²) >= 11 is 5.97. The molecular weight excluding hydrogens is 412 g/mol. The summed E-state index contributed by atoms with van der Waals surface area (Å²) in [5.74, 6) is -1.33. The van der Waals surface area contributed by atoms with Crippen molar-refractivity contribution in [1.82, 2.24) is 4.57 Å². The fraction of sp³-hybridized carbons (Fsp3) is 0.100. The Kier molecular flexibility index (Phi) is 5.74. The fourth-order valence-electron chi connectivity index (χ4n) is 2.62. The van der Waals surface area contributed by atoms with Crippen LogP contribution in [0.5, 0.6) is 0 Å². The molecule has 9 heteroatoms. The molecule has 0 aliphatic heterocycles. The number of amides is 1. The maximum Gasteiger partial charge on any atom is 0.416 e. The Balaban J connectivity index is 1.86. The third-order valence-corrected chi connectivity index (χ3v) is 4.44. The van der Waals surface area contributed by atoms with Crippen molar-refractivity contribution >= 4 is 23.2 Å². The highest BCUT2D eigenvalue weighted by Gasteiger charge is 2.30. The van der Waals surface area contributed by atoms with Crippen molar-refractivity contribution in [3.63, 3.8) is 0 Å². The molecule has 0 unspecified atom stereocenters. The Morgan fingerprint density at radius 3 is 2.48 bits per heavy atom. The smallest absolute Gasteiger partial charge is 0.322 e. The Hall–Kier alpha value is -3.13. The molecule has 29 heavy (non-hydrogen) atoms. The van der Waals surface area contributed by atoms with Gasteiger partial charge in [0.25, 0.3) is 11.5 Å². The molecule has 0 fully saturated rings. The van der Waals surface area contributed by atoms with E-state index in [1.54, 1.807) is 0 Å². The average molecular weight is 425 g/mol. The molecule has 0 saturated heterocycles. The Labute approximate surface area is 167 Å². The number of hydrogen-bond acceptors (Lipinski definition) is 2. The minimum Gasteiger partial charge on any atom is -0.322 e. The number of carbonyl (C=O) groups is 1. The molecule has 3 rings (SSSR count). The molecule has 0 atom stereocenters. The molecule has 0 bridgehead atoms. The summed E-state index contributed by atoms with van der Waals surface area (Å²) in [4.78, 5) is 24.5. The van der Waals surface area contributed by atoms with Gasteiger partial charge < -0.3 is 9.88 Å². The van der Waals surface area contributed by atoms with E-state index >= 15 is 0 Å². The van der Waals surface area contributed by atoms with Crippen LogP contribution in [0.2, 0.25) is 5.02 Å². The lowest BCUT2D eigenvalue weighted by Gasteiger charge is -2.12. The first kappa shape index (κ1) is 20.6. The van der Waals surface area contributed by atoms with E-state index < -0.39 is 29.0 Å². The molecular formula is C20H13ClF4N2O2. The lowest BCUT2D eigenvalue weighted by molar-refractivity contribution is -0.137. The van der Waals surface area contributed by atoms with Gasteiger partial charge in [-0.2, -0.15) is 13.2 Å². The van der Waals surface area contributed by atoms with Crippen molar-refractivity contribution in [2.24, 2.45) is 0 Å². The van der Waals surface area contributed by atoms with Gasteiger partial charge in [-0.15, -0.1) is 0 Å². The van der Waals surface area contributed by atoms with Gasteiger partial charge in [0, 0.05) is 28.5 Å². The highest BCUT2D eigenvalue weighted by molar-refractivity contribution is 6.31. The molecule has 1 amide bonds. The highest BCUT2D eigenvalue weighted by atomic mass is 35.5. The molecule has 0 aliphatic carbocycles. The van der Waals surface area contributed by atoms with E-state index in [0.29, 0.717) is 0 Å². The van der Waals surface area contributed by atoms with Crippen molar-refractivity contribution in [3.8, 4) is 0 Å². The first-order valence-electron chi connectivity index (χ1n) is 8.27. The third-order valence-electron chi connectivity index (χ3n) is 4.08. The summed E-state index contributed by atoms with van der Waals surface area (Å²) in [6.07, 6.45) is -3.36. The van der Waals surface area contributed by atoms with Crippen LogP contribution in [0.3, 0.4) is 0 Å². The topological polar surface area (TPSA) is 51.1 Å². The van der Waals surface area contributed by atoms with Crippen LogP contribution >= 0.6 is 11.6 Å². The molecule has 2 aromatic carbocycles. The van der Waals surface area contributed by atoms with E-state index in [1.807, 2.05) is 0 Å². The standard InChI is InChI=1S/C20H13ClF4N2O2/c21-16-5-2-6-17(22)15(16)11-27-10-12(7-8-18(27)28)19(29)26-14-4-1-3-13(9-14)20(23,24)25/h1-10H,11H2,(H,26,29). The van der Waals surface area contributed by atoms with Crippen LogP contribution in [-0.2, 0) is 12.7 Å². The molecule has 0 spiro atoms. The lowest BCUT2D eigenvalue weighted by Crippen LogP contribution is -2.23. The van der Waals surface area contributed by atoms with Gasteiger partial charge in [0.15, 0.2) is 0 Å². The number of nitrogens with one attached hydrogen (secondary N) is 1. The number of pyridine rings is 1. The predicted molar refractivity (Wildman–Crippen MR) is 101 cm³/mol. The summed E-state index contributed by atoms with van der Waals surface area (Å²) < 4.78 is 53.5. The van der Waals surface area contributed by atoms with Gasteiger partial charge in [0.05, 0.1) is 17.7 Å². The SMILES string of the molecule is O=C(Nc1cccc(C(F)(F)F)c1)c1ccc(=O)n(Cc2c(F)cccc2Cl)c1. The zero-order valence-corrected chi connectivity index (χ0v) is 15.4. The number of aromatic nitrogens is 1. The normalized spacial score (nSPS) is 11.3. The Morgan fingerprint density at radius 1 is 1.07 bits per heavy atom. The van der Waals surface area contributed by atoms with Crippen LogP contribution in [0.1, 0.15) is 21.5 Å². The van der Waals surface area contributed by atoms with E-state index in [4.69, 9.17) is 11.6 Å². The van der Waals surface area contributed by atoms with E-state index in [9.17, 15) is 27.2 Å². The van der Waals surface area contributed by atoms with Gasteiger partial charge in [0.1, 0.15) is 5.82 Å². The summed E-state index contributed by atoms with van der Waals surface area (Å²) in [5, 5.41) is 2.47. The van der Waals surface area contributed by atoms with E-state index in [1.165, 1.54) is 42.6 Å². The van der Waals surface area contributed by atoms with Gasteiger partial charge in [-0.1, -0.05) is 23.7 Å². The molecule has 150 valence electrons. The summed E-state index contributed by atoms with van der Waals surface area (Å²) in [6, 6.07) is 10.6. The summed E-state index contributed by atoms with van der Waals surface area (Å²) in [6.45, 7) is -0.213. The zero-order valence-electron chi connectivity index (χ0n) is 14.6. The second-order valence-corrected chi connectivity index (χ2v) is 6.52. The highest BCUT2D eigenvalue weighted by Crippen LogP contribution is 2.30. The number of alkyl halides is 3. The average Bonchev–Trinajstić information content (AvgIpc) is 2.65. The monoisotopic (exact) mass is 424 g/mol. The second kappa shape index (κ2) is 8.08. The van der Waals surface area contributed by atoms with Crippen LogP contribution in [0.15, 0.2) is 65.6 Å². The van der Waals surface area contributed by atoms with Gasteiger partial charge >= 0.3 is 6.18 Å². The maximum absolute atomic E-state index is 14.0. The van der Waals surface area contributed by atoms with Crippen molar-refractivity contribution < 1.29 is 22.4 Å². The number of hydrogen-bond donors (Lipinski definition) is 1. The minimum absolute atomic E-state index is 0.00877. The van der Waals surface area contributed by atoms with Gasteiger partial charge in [-0.25, -0.2) is 4.39 Å². The van der Waals surface area contributed by atoms with E-state index in [2.05, 4.69) is 5.32 Å². The molecule has 1 heterocycles. The van der Waals surface area contributed by atoms with Crippen LogP contribution in [-0.4, -0.2) is 10.5 Å². The Bertz CT molecular complexity index is 1110. The predicted octanol–water partition coefficient (Wildman–Crippen LogP) is 4.96. The van der Waals surface area contributed by atoms with Crippen LogP contribution in [0.25, 0.3) is 0 Å². The van der Waals surface area contributed by atoms with Gasteiger partial charge in [-0.3, -0.25) is 9.59 Å². The molecule has 0 aliphatic rings. The molecule has 3 aromatic rings. The van der Waals surface area contributed by atoms with Crippen LogP contribution in [0.4, 0.5) is 23.2 Å². The molecule has 0 radical (unpaired) electrons. The summed E-state index contributed by atoms with van der Waals surface area (Å²) in [5.41, 5.74) is -1.38. The van der Waals surface area contributed by atoms with Crippen LogP contribution in [0, 0.1) is 5.82 Å². The molecule has 1 aromatic heterocycles. The maximum atomic E-state index is 14.0. The third kappa shape index (κ3) is 4.83. The quantitative estimate of drug-likeness (QED) is 0.602. The van der Waals surface area contributed by atoms with Gasteiger partial charge in [-0.05, 0) is 36.4 Å². The minimum atomic E-state index is -4.55. The second-order valence-electron chi connectivity index (χ2n) is 6.12. The van der Waals surface area contributed by atoms with Crippen molar-refractivity contribution in [2.75, 3.05) is 5.32 Å². The number of rotatable bonds is 4. The number of benzene rings is 2. The fourth-order valence-corrected chi connectivity index (χ4v) is 2.84. The lowest BCUT2D eigenvalue weighted by atomic mass is 10.1. The Morgan fingerprint density at radius 2 is 1.79 bits per heavy atom. The molecule has 0 saturated carbocycles. The number of halogens is 5. The molecule has 1 N–H and O–H groups in total. The van der Waals surface area contributed by atoms with Gasteiger partial charge in [0.2, 0.25) is 0 Å². The number of anilines is 1. The van der Waals surface area contributed by atoms with Crippen molar-refractivity contribution in [3.05, 3.63) is 98.7 Å². The van der Waals surface area contributed by atoms with E-state index in [-0.39, 0.29) is 28.4 Å². The molecule has 4 nitrogen and oxygen atoms in total. The first-order valence-corrected chi connectivity index (χ1v) is 8.65. The van der Waals surface area contributed by atoms with Crippen molar-refractivity contribution in [1.29, 1.82) is 0 Å². The zero-order chi connectivity index (χ0) is 21.2. The number of carbonyl (C=O) groups excluding carboxylic acids is 1. The number of nitrogens with zero attached hydrogens (tertiary/aromatic N) is 1. The van der Waals surface area contributed by atoms with E-state index in [0.717, 1.165) is 22.8 Å².